The minimum absolute atomic E-state index is 0.288. The van der Waals surface area contributed by atoms with Gasteiger partial charge in [0.05, 0.1) is 0 Å². The molecule has 0 aliphatic heterocycles. The van der Waals surface area contributed by atoms with E-state index in [9.17, 15) is 4.79 Å². The van der Waals surface area contributed by atoms with Crippen LogP contribution < -0.4 is 0 Å². The number of carboxylic acids is 1. The third kappa shape index (κ3) is 3.43. The zero-order valence-corrected chi connectivity index (χ0v) is 9.97. The Morgan fingerprint density at radius 2 is 2.27 bits per heavy atom. The van der Waals surface area contributed by atoms with Crippen LogP contribution in [0, 0.1) is 0 Å². The molecule has 15 heavy (non-hydrogen) atoms. The number of aliphatic carboxylic acids is 1. The second kappa shape index (κ2) is 4.45. The first-order chi connectivity index (χ1) is 6.82. The van der Waals surface area contributed by atoms with Crippen molar-refractivity contribution in [3.05, 3.63) is 23.5 Å². The molecule has 0 aromatic rings. The van der Waals surface area contributed by atoms with Crippen molar-refractivity contribution >= 4 is 29.2 Å². The van der Waals surface area contributed by atoms with Crippen LogP contribution in [0.3, 0.4) is 0 Å². The summed E-state index contributed by atoms with van der Waals surface area (Å²) >= 11 is 11.8. The van der Waals surface area contributed by atoms with Crippen molar-refractivity contribution in [3.63, 3.8) is 0 Å². The SMILES string of the molecule is CC1=C(OC(C)C(=O)O)CC(Cl)(Cl)C=C1. The fourth-order valence-electron chi connectivity index (χ4n) is 1.15. The maximum Gasteiger partial charge on any atom is 0.344 e. The monoisotopic (exact) mass is 250 g/mol. The Morgan fingerprint density at radius 1 is 1.67 bits per heavy atom. The highest BCUT2D eigenvalue weighted by Crippen LogP contribution is 2.36. The Morgan fingerprint density at radius 3 is 2.80 bits per heavy atom. The Kier molecular flexibility index (Phi) is 3.68. The van der Waals surface area contributed by atoms with Crippen LogP contribution in [-0.2, 0) is 9.53 Å². The predicted molar refractivity (Wildman–Crippen MR) is 59.1 cm³/mol. The lowest BCUT2D eigenvalue weighted by Gasteiger charge is -2.24. The van der Waals surface area contributed by atoms with Crippen LogP contribution >= 0.6 is 23.2 Å². The van der Waals surface area contributed by atoms with E-state index in [1.54, 1.807) is 12.2 Å². The number of halogens is 2. The van der Waals surface area contributed by atoms with Crippen molar-refractivity contribution in [2.24, 2.45) is 0 Å². The van der Waals surface area contributed by atoms with Gasteiger partial charge in [-0.15, -0.1) is 0 Å². The number of carboxylic acid groups (broad SMARTS) is 1. The lowest BCUT2D eigenvalue weighted by molar-refractivity contribution is -0.146. The maximum atomic E-state index is 10.6. The molecule has 84 valence electrons. The quantitative estimate of drug-likeness (QED) is 0.784. The molecule has 0 radical (unpaired) electrons. The van der Waals surface area contributed by atoms with Crippen LogP contribution in [0.25, 0.3) is 0 Å². The molecule has 1 N–H and O–H groups in total. The van der Waals surface area contributed by atoms with Crippen LogP contribution in [0.2, 0.25) is 0 Å². The molecule has 0 heterocycles. The number of hydrogen-bond donors (Lipinski definition) is 1. The molecule has 1 atom stereocenters. The van der Waals surface area contributed by atoms with Crippen molar-refractivity contribution in [1.29, 1.82) is 0 Å². The van der Waals surface area contributed by atoms with E-state index in [0.29, 0.717) is 5.76 Å². The third-order valence-electron chi connectivity index (χ3n) is 2.08. The zero-order chi connectivity index (χ0) is 11.6. The van der Waals surface area contributed by atoms with Crippen LogP contribution in [0.4, 0.5) is 0 Å². The van der Waals surface area contributed by atoms with Gasteiger partial charge >= 0.3 is 5.97 Å². The second-order valence-corrected chi connectivity index (χ2v) is 5.02. The van der Waals surface area contributed by atoms with Crippen molar-refractivity contribution < 1.29 is 14.6 Å². The normalized spacial score (nSPS) is 21.3. The Labute approximate surface area is 98.3 Å². The average Bonchev–Trinajstić information content (AvgIpc) is 2.11. The Bertz CT molecular complexity index is 332. The van der Waals surface area contributed by atoms with Gasteiger partial charge in [-0.25, -0.2) is 4.79 Å². The van der Waals surface area contributed by atoms with E-state index in [1.807, 2.05) is 6.92 Å². The highest BCUT2D eigenvalue weighted by atomic mass is 35.5. The summed E-state index contributed by atoms with van der Waals surface area (Å²) in [4.78, 5) is 10.6. The van der Waals surface area contributed by atoms with Gasteiger partial charge in [0, 0.05) is 6.42 Å². The molecule has 1 aliphatic carbocycles. The van der Waals surface area contributed by atoms with Crippen molar-refractivity contribution in [3.8, 4) is 0 Å². The first-order valence-corrected chi connectivity index (χ1v) is 5.24. The molecular formula is C10H12Cl2O3. The molecule has 0 aromatic heterocycles. The maximum absolute atomic E-state index is 10.6. The number of ether oxygens (including phenoxy) is 1. The molecule has 0 spiro atoms. The van der Waals surface area contributed by atoms with Gasteiger partial charge in [-0.05, 0) is 25.5 Å². The first kappa shape index (κ1) is 12.4. The standard InChI is InChI=1S/C10H12Cl2O3/c1-6-3-4-10(11,12)5-8(6)15-7(2)9(13)14/h3-4,7H,5H2,1-2H3,(H,13,14). The van der Waals surface area contributed by atoms with Crippen molar-refractivity contribution in [2.75, 3.05) is 0 Å². The average molecular weight is 251 g/mol. The lowest BCUT2D eigenvalue weighted by atomic mass is 10.1. The summed E-state index contributed by atoms with van der Waals surface area (Å²) in [6.07, 6.45) is 2.78. The highest BCUT2D eigenvalue weighted by Gasteiger charge is 2.28. The lowest BCUT2D eigenvalue weighted by Crippen LogP contribution is -2.23. The minimum atomic E-state index is -1.01. The van der Waals surface area contributed by atoms with Crippen molar-refractivity contribution in [1.82, 2.24) is 0 Å². The number of hydrogen-bond acceptors (Lipinski definition) is 2. The van der Waals surface area contributed by atoms with Gasteiger partial charge in [0.1, 0.15) is 10.1 Å². The Hall–Kier alpha value is -0.670. The molecular weight excluding hydrogens is 239 g/mol. The van der Waals surface area contributed by atoms with E-state index in [1.165, 1.54) is 6.92 Å². The second-order valence-electron chi connectivity index (χ2n) is 3.48. The van der Waals surface area contributed by atoms with E-state index in [4.69, 9.17) is 33.0 Å². The van der Waals surface area contributed by atoms with E-state index in [-0.39, 0.29) is 6.42 Å². The highest BCUT2D eigenvalue weighted by molar-refractivity contribution is 6.50. The summed E-state index contributed by atoms with van der Waals surface area (Å²) in [7, 11) is 0. The third-order valence-corrected chi connectivity index (χ3v) is 2.60. The molecule has 0 bridgehead atoms. The van der Waals surface area contributed by atoms with Crippen molar-refractivity contribution in [2.45, 2.75) is 30.7 Å². The summed E-state index contributed by atoms with van der Waals surface area (Å²) in [5, 5.41) is 8.70. The first-order valence-electron chi connectivity index (χ1n) is 4.48. The molecule has 0 amide bonds. The predicted octanol–water partition coefficient (Wildman–Crippen LogP) is 2.88. The number of alkyl halides is 2. The molecule has 1 unspecified atom stereocenters. The van der Waals surface area contributed by atoms with E-state index in [0.717, 1.165) is 5.57 Å². The number of carbonyl (C=O) groups is 1. The topological polar surface area (TPSA) is 46.5 Å². The largest absolute Gasteiger partial charge is 0.483 e. The molecule has 0 fully saturated rings. The number of allylic oxidation sites excluding steroid dienone is 4. The van der Waals surface area contributed by atoms with Gasteiger partial charge in [-0.2, -0.15) is 0 Å². The molecule has 3 nitrogen and oxygen atoms in total. The van der Waals surface area contributed by atoms with Gasteiger partial charge in [-0.1, -0.05) is 29.3 Å². The smallest absolute Gasteiger partial charge is 0.344 e. The van der Waals surface area contributed by atoms with Gasteiger partial charge in [-0.3, -0.25) is 0 Å². The summed E-state index contributed by atoms with van der Waals surface area (Å²) in [6, 6.07) is 0. The van der Waals surface area contributed by atoms with Gasteiger partial charge in [0.25, 0.3) is 0 Å². The van der Waals surface area contributed by atoms with Crippen LogP contribution in [0.1, 0.15) is 20.3 Å². The van der Waals surface area contributed by atoms with Crippen LogP contribution in [0.15, 0.2) is 23.5 Å². The van der Waals surface area contributed by atoms with E-state index < -0.39 is 16.4 Å². The fourth-order valence-corrected chi connectivity index (χ4v) is 1.52. The van der Waals surface area contributed by atoms with Crippen LogP contribution in [0.5, 0.6) is 0 Å². The van der Waals surface area contributed by atoms with E-state index in [2.05, 4.69) is 0 Å². The van der Waals surface area contributed by atoms with E-state index >= 15 is 0 Å². The minimum Gasteiger partial charge on any atom is -0.483 e. The molecule has 1 rings (SSSR count). The van der Waals surface area contributed by atoms with Gasteiger partial charge < -0.3 is 9.84 Å². The summed E-state index contributed by atoms with van der Waals surface area (Å²) < 4.78 is 4.25. The zero-order valence-electron chi connectivity index (χ0n) is 8.46. The summed E-state index contributed by atoms with van der Waals surface area (Å²) in [5.41, 5.74) is 0.847. The summed E-state index contributed by atoms with van der Waals surface area (Å²) in [5.74, 6) is -0.489. The van der Waals surface area contributed by atoms with Gasteiger partial charge in [0.2, 0.25) is 0 Å². The van der Waals surface area contributed by atoms with Crippen LogP contribution in [-0.4, -0.2) is 21.5 Å². The number of rotatable bonds is 3. The molecule has 1 aliphatic rings. The summed E-state index contributed by atoms with van der Waals surface area (Å²) in [6.45, 7) is 3.29. The Balaban J connectivity index is 2.77. The molecule has 5 heteroatoms. The molecule has 0 aromatic carbocycles. The molecule has 0 saturated heterocycles. The molecule has 0 saturated carbocycles. The fraction of sp³-hybridized carbons (Fsp3) is 0.500. The van der Waals surface area contributed by atoms with Gasteiger partial charge in [0.15, 0.2) is 6.10 Å².